The lowest BCUT2D eigenvalue weighted by molar-refractivity contribution is 0.165. The molecule has 0 radical (unpaired) electrons. The Morgan fingerprint density at radius 2 is 1.91 bits per heavy atom. The number of hydrogen-bond donors (Lipinski definition) is 1. The van der Waals surface area contributed by atoms with Crippen LogP contribution in [0.2, 0.25) is 0 Å². The van der Waals surface area contributed by atoms with Gasteiger partial charge in [-0.25, -0.2) is 4.98 Å². The van der Waals surface area contributed by atoms with Gasteiger partial charge in [0.15, 0.2) is 5.13 Å². The summed E-state index contributed by atoms with van der Waals surface area (Å²) in [4.78, 5) is 13.4. The predicted octanol–water partition coefficient (Wildman–Crippen LogP) is 1.44. The summed E-state index contributed by atoms with van der Waals surface area (Å²) in [5.74, 6) is 0.924. The first kappa shape index (κ1) is 17.1. The maximum absolute atomic E-state index is 9.82. The molecule has 0 amide bonds. The highest BCUT2D eigenvalue weighted by molar-refractivity contribution is 7.15. The van der Waals surface area contributed by atoms with Crippen molar-refractivity contribution in [3.63, 3.8) is 0 Å². The summed E-state index contributed by atoms with van der Waals surface area (Å²) in [6, 6.07) is 0. The second-order valence-corrected chi connectivity index (χ2v) is 8.38. The molecule has 1 aromatic heterocycles. The number of thiazole rings is 1. The fourth-order valence-electron chi connectivity index (χ4n) is 3.71. The van der Waals surface area contributed by atoms with Crippen molar-refractivity contribution in [2.45, 2.75) is 20.3 Å². The van der Waals surface area contributed by atoms with Crippen LogP contribution in [0, 0.1) is 25.7 Å². The molecule has 5 nitrogen and oxygen atoms in total. The average Bonchev–Trinajstić information content (AvgIpc) is 3.01. The number of aliphatic hydroxyl groups is 1. The van der Waals surface area contributed by atoms with Crippen molar-refractivity contribution < 1.29 is 5.11 Å². The van der Waals surface area contributed by atoms with Crippen molar-refractivity contribution in [2.24, 2.45) is 11.8 Å². The fraction of sp³-hybridized carbons (Fsp3) is 0.824. The highest BCUT2D eigenvalue weighted by Gasteiger charge is 2.35. The standard InChI is InChI=1S/C17H30N4OS/c1-13-14(2)23-17(18-13)21-10-15(16(11-21)12-22)9-20-6-4-5-19(3)7-8-20/h15-16,22H,4-12H2,1-3H3/t15-,16-/m1/s1. The van der Waals surface area contributed by atoms with E-state index >= 15 is 0 Å². The summed E-state index contributed by atoms with van der Waals surface area (Å²) >= 11 is 1.79. The summed E-state index contributed by atoms with van der Waals surface area (Å²) < 4.78 is 0. The van der Waals surface area contributed by atoms with Crippen LogP contribution >= 0.6 is 11.3 Å². The zero-order valence-electron chi connectivity index (χ0n) is 14.7. The van der Waals surface area contributed by atoms with E-state index in [9.17, 15) is 5.11 Å². The Morgan fingerprint density at radius 1 is 1.13 bits per heavy atom. The maximum atomic E-state index is 9.82. The van der Waals surface area contributed by atoms with Crippen LogP contribution in [0.25, 0.3) is 0 Å². The van der Waals surface area contributed by atoms with Crippen LogP contribution < -0.4 is 4.90 Å². The van der Waals surface area contributed by atoms with Gasteiger partial charge in [-0.3, -0.25) is 0 Å². The summed E-state index contributed by atoms with van der Waals surface area (Å²) in [6.45, 7) is 12.3. The molecule has 3 heterocycles. The molecule has 0 unspecified atom stereocenters. The summed E-state index contributed by atoms with van der Waals surface area (Å²) in [6.07, 6.45) is 1.25. The Labute approximate surface area is 143 Å². The van der Waals surface area contributed by atoms with Gasteiger partial charge in [0, 0.05) is 50.1 Å². The van der Waals surface area contributed by atoms with Crippen LogP contribution in [0.1, 0.15) is 17.0 Å². The molecular weight excluding hydrogens is 308 g/mol. The zero-order chi connectivity index (χ0) is 16.4. The first-order chi connectivity index (χ1) is 11.1. The van der Waals surface area contributed by atoms with E-state index in [-0.39, 0.29) is 6.61 Å². The fourth-order valence-corrected chi connectivity index (χ4v) is 4.64. The number of hydrogen-bond acceptors (Lipinski definition) is 6. The van der Waals surface area contributed by atoms with Crippen LogP contribution in [-0.2, 0) is 0 Å². The molecule has 0 aromatic carbocycles. The van der Waals surface area contributed by atoms with Crippen LogP contribution in [0.3, 0.4) is 0 Å². The van der Waals surface area contributed by atoms with E-state index in [1.807, 2.05) is 0 Å². The van der Waals surface area contributed by atoms with Gasteiger partial charge in [-0.15, -0.1) is 11.3 Å². The lowest BCUT2D eigenvalue weighted by atomic mass is 9.96. The molecule has 0 saturated carbocycles. The molecule has 6 heteroatoms. The Balaban J connectivity index is 1.62. The van der Waals surface area contributed by atoms with Gasteiger partial charge in [0.1, 0.15) is 0 Å². The van der Waals surface area contributed by atoms with E-state index < -0.39 is 0 Å². The van der Waals surface area contributed by atoms with E-state index in [0.717, 1.165) is 43.5 Å². The minimum absolute atomic E-state index is 0.290. The molecule has 3 rings (SSSR count). The second kappa shape index (κ2) is 7.47. The Hall–Kier alpha value is -0.690. The van der Waals surface area contributed by atoms with Crippen molar-refractivity contribution in [3.8, 4) is 0 Å². The van der Waals surface area contributed by atoms with Crippen molar-refractivity contribution in [2.75, 3.05) is 64.4 Å². The number of aromatic nitrogens is 1. The third-order valence-electron chi connectivity index (χ3n) is 5.40. The van der Waals surface area contributed by atoms with Gasteiger partial charge in [-0.2, -0.15) is 0 Å². The van der Waals surface area contributed by atoms with E-state index in [4.69, 9.17) is 4.98 Å². The van der Waals surface area contributed by atoms with E-state index in [0.29, 0.717) is 11.8 Å². The van der Waals surface area contributed by atoms with Gasteiger partial charge in [0.25, 0.3) is 0 Å². The van der Waals surface area contributed by atoms with Gasteiger partial charge in [-0.1, -0.05) is 0 Å². The maximum Gasteiger partial charge on any atom is 0.185 e. The minimum atomic E-state index is 0.290. The number of rotatable bonds is 4. The third-order valence-corrected chi connectivity index (χ3v) is 6.54. The number of anilines is 1. The number of aliphatic hydroxyl groups excluding tert-OH is 1. The van der Waals surface area contributed by atoms with Gasteiger partial charge >= 0.3 is 0 Å². The highest BCUT2D eigenvalue weighted by atomic mass is 32.1. The SMILES string of the molecule is Cc1nc(N2C[C@@H](CN3CCCN(C)CC3)[C@@H](CO)C2)sc1C. The number of likely N-dealkylation sites (N-methyl/N-ethyl adjacent to an activating group) is 1. The lowest BCUT2D eigenvalue weighted by Crippen LogP contribution is -2.36. The lowest BCUT2D eigenvalue weighted by Gasteiger charge is -2.26. The number of aryl methyl sites for hydroxylation is 2. The molecule has 2 atom stereocenters. The molecule has 2 saturated heterocycles. The van der Waals surface area contributed by atoms with Crippen molar-refractivity contribution in [3.05, 3.63) is 10.6 Å². The molecule has 0 bridgehead atoms. The molecule has 130 valence electrons. The number of nitrogens with zero attached hydrogens (tertiary/aromatic N) is 4. The molecule has 0 aliphatic carbocycles. The second-order valence-electron chi connectivity index (χ2n) is 7.20. The van der Waals surface area contributed by atoms with Gasteiger partial charge in [-0.05, 0) is 46.3 Å². The van der Waals surface area contributed by atoms with Crippen LogP contribution in [0.4, 0.5) is 5.13 Å². The van der Waals surface area contributed by atoms with Crippen LogP contribution in [-0.4, -0.2) is 79.4 Å². The monoisotopic (exact) mass is 338 g/mol. The molecule has 2 fully saturated rings. The van der Waals surface area contributed by atoms with Crippen LogP contribution in [0.5, 0.6) is 0 Å². The molecule has 2 aliphatic heterocycles. The molecule has 23 heavy (non-hydrogen) atoms. The largest absolute Gasteiger partial charge is 0.396 e. The van der Waals surface area contributed by atoms with E-state index in [1.54, 1.807) is 11.3 Å². The Morgan fingerprint density at radius 3 is 2.61 bits per heavy atom. The smallest absolute Gasteiger partial charge is 0.185 e. The van der Waals surface area contributed by atoms with Crippen molar-refractivity contribution in [1.29, 1.82) is 0 Å². The molecule has 0 spiro atoms. The molecule has 1 aromatic rings. The Bertz CT molecular complexity index is 501. The summed E-state index contributed by atoms with van der Waals surface area (Å²) in [5, 5.41) is 11.0. The van der Waals surface area contributed by atoms with Crippen molar-refractivity contribution >= 4 is 16.5 Å². The first-order valence-corrected chi connectivity index (χ1v) is 9.59. The van der Waals surface area contributed by atoms with E-state index in [1.165, 1.54) is 24.4 Å². The van der Waals surface area contributed by atoms with Crippen LogP contribution in [0.15, 0.2) is 0 Å². The summed E-state index contributed by atoms with van der Waals surface area (Å²) in [7, 11) is 2.21. The molecule has 1 N–H and O–H groups in total. The van der Waals surface area contributed by atoms with Gasteiger partial charge < -0.3 is 19.8 Å². The highest BCUT2D eigenvalue weighted by Crippen LogP contribution is 2.32. The van der Waals surface area contributed by atoms with Gasteiger partial charge in [0.2, 0.25) is 0 Å². The zero-order valence-corrected chi connectivity index (χ0v) is 15.5. The third kappa shape index (κ3) is 4.05. The molecule has 2 aliphatic rings. The predicted molar refractivity (Wildman–Crippen MR) is 96.4 cm³/mol. The topological polar surface area (TPSA) is 42.8 Å². The first-order valence-electron chi connectivity index (χ1n) is 8.77. The Kier molecular flexibility index (Phi) is 5.57. The average molecular weight is 339 g/mol. The normalized spacial score (nSPS) is 27.6. The minimum Gasteiger partial charge on any atom is -0.396 e. The van der Waals surface area contributed by atoms with E-state index in [2.05, 4.69) is 35.6 Å². The molecular formula is C17H30N4OS. The summed E-state index contributed by atoms with van der Waals surface area (Å²) in [5.41, 5.74) is 1.14. The van der Waals surface area contributed by atoms with Crippen molar-refractivity contribution in [1.82, 2.24) is 14.8 Å². The quantitative estimate of drug-likeness (QED) is 0.900. The van der Waals surface area contributed by atoms with Gasteiger partial charge in [0.05, 0.1) is 5.69 Å².